The second kappa shape index (κ2) is 6.11. The van der Waals surface area contributed by atoms with Crippen LogP contribution in [0.5, 0.6) is 0 Å². The van der Waals surface area contributed by atoms with Crippen molar-refractivity contribution in [3.63, 3.8) is 0 Å². The molecule has 0 aromatic carbocycles. The van der Waals surface area contributed by atoms with Crippen LogP contribution in [0.4, 0.5) is 0 Å². The fourth-order valence-electron chi connectivity index (χ4n) is 2.12. The molecule has 0 saturated heterocycles. The van der Waals surface area contributed by atoms with Gasteiger partial charge in [-0.25, -0.2) is 9.79 Å². The Morgan fingerprint density at radius 1 is 1.31 bits per heavy atom. The van der Waals surface area contributed by atoms with Crippen molar-refractivity contribution in [2.75, 3.05) is 0 Å². The van der Waals surface area contributed by atoms with E-state index >= 15 is 0 Å². The van der Waals surface area contributed by atoms with Gasteiger partial charge in [0, 0.05) is 0 Å². The molecule has 0 amide bonds. The van der Waals surface area contributed by atoms with Crippen molar-refractivity contribution < 1.29 is 4.79 Å². The smallest absolute Gasteiger partial charge is 0.211 e. The van der Waals surface area contributed by atoms with E-state index in [1.54, 1.807) is 6.08 Å². The Morgan fingerprint density at radius 2 is 1.85 bits per heavy atom. The molecule has 0 aromatic heterocycles. The zero-order valence-corrected chi connectivity index (χ0v) is 10.3. The van der Waals surface area contributed by atoms with Crippen LogP contribution in [0.2, 0.25) is 18.1 Å². The van der Waals surface area contributed by atoms with Crippen LogP contribution in [0.1, 0.15) is 34.1 Å². The van der Waals surface area contributed by atoms with Gasteiger partial charge in [0.1, 0.15) is 0 Å². The fourth-order valence-corrected chi connectivity index (χ4v) is 6.25. The SMILES string of the molecule is CCC[Si](CC)(CC)C(C)N=C=O. The van der Waals surface area contributed by atoms with Gasteiger partial charge in [0.15, 0.2) is 0 Å². The Morgan fingerprint density at radius 3 is 2.15 bits per heavy atom. The first-order chi connectivity index (χ1) is 6.16. The number of carbonyl (C=O) groups excluding carboxylic acids is 1. The Hall–Kier alpha value is -0.403. The second-order valence-electron chi connectivity index (χ2n) is 3.72. The summed E-state index contributed by atoms with van der Waals surface area (Å²) in [5.41, 5.74) is 0.250. The van der Waals surface area contributed by atoms with Crippen molar-refractivity contribution in [2.24, 2.45) is 4.99 Å². The summed E-state index contributed by atoms with van der Waals surface area (Å²) in [5.74, 6) is 0. The van der Waals surface area contributed by atoms with E-state index in [0.717, 1.165) is 0 Å². The van der Waals surface area contributed by atoms with Crippen LogP contribution < -0.4 is 0 Å². The predicted octanol–water partition coefficient (Wildman–Crippen LogP) is 3.15. The molecule has 0 aliphatic heterocycles. The van der Waals surface area contributed by atoms with Crippen LogP contribution in [-0.4, -0.2) is 19.8 Å². The van der Waals surface area contributed by atoms with Crippen LogP contribution in [0.15, 0.2) is 4.99 Å². The van der Waals surface area contributed by atoms with E-state index < -0.39 is 8.07 Å². The summed E-state index contributed by atoms with van der Waals surface area (Å²) in [6, 6.07) is 3.74. The van der Waals surface area contributed by atoms with Gasteiger partial charge < -0.3 is 0 Å². The Bertz CT molecular complexity index is 183. The molecule has 0 aliphatic carbocycles. The highest BCUT2D eigenvalue weighted by molar-refractivity contribution is 6.81. The average Bonchev–Trinajstić information content (AvgIpc) is 2.14. The summed E-state index contributed by atoms with van der Waals surface area (Å²) >= 11 is 0. The van der Waals surface area contributed by atoms with Crippen molar-refractivity contribution in [2.45, 2.75) is 57.9 Å². The molecule has 0 fully saturated rings. The molecule has 76 valence electrons. The van der Waals surface area contributed by atoms with Crippen LogP contribution >= 0.6 is 0 Å². The van der Waals surface area contributed by atoms with Gasteiger partial charge in [0.2, 0.25) is 6.08 Å². The van der Waals surface area contributed by atoms with Crippen LogP contribution in [-0.2, 0) is 4.79 Å². The molecule has 0 N–H and O–H groups in total. The Balaban J connectivity index is 4.61. The maximum absolute atomic E-state index is 10.2. The van der Waals surface area contributed by atoms with Gasteiger partial charge in [-0.1, -0.05) is 45.3 Å². The highest BCUT2D eigenvalue weighted by Crippen LogP contribution is 2.27. The lowest BCUT2D eigenvalue weighted by molar-refractivity contribution is 0.562. The summed E-state index contributed by atoms with van der Waals surface area (Å²) in [6.45, 7) is 8.77. The van der Waals surface area contributed by atoms with Gasteiger partial charge in [-0.3, -0.25) is 0 Å². The molecule has 0 aliphatic rings. The summed E-state index contributed by atoms with van der Waals surface area (Å²) in [4.78, 5) is 14.1. The molecular formula is C10H21NOSi. The van der Waals surface area contributed by atoms with Crippen LogP contribution in [0.3, 0.4) is 0 Å². The van der Waals surface area contributed by atoms with Crippen molar-refractivity contribution in [3.8, 4) is 0 Å². The fraction of sp³-hybridized carbons (Fsp3) is 0.900. The minimum Gasteiger partial charge on any atom is -0.211 e. The van der Waals surface area contributed by atoms with Gasteiger partial charge in [-0.2, -0.15) is 0 Å². The molecule has 0 saturated carbocycles. The third-order valence-electron chi connectivity index (χ3n) is 3.29. The summed E-state index contributed by atoms with van der Waals surface area (Å²) in [5, 5.41) is 0. The van der Waals surface area contributed by atoms with E-state index in [2.05, 4.69) is 32.7 Å². The van der Waals surface area contributed by atoms with Crippen molar-refractivity contribution in [3.05, 3.63) is 0 Å². The minimum absolute atomic E-state index is 0.250. The van der Waals surface area contributed by atoms with Gasteiger partial charge >= 0.3 is 0 Å². The van der Waals surface area contributed by atoms with Crippen molar-refractivity contribution in [1.82, 2.24) is 0 Å². The first-order valence-corrected chi connectivity index (χ1v) is 7.93. The minimum atomic E-state index is -1.30. The first-order valence-electron chi connectivity index (χ1n) is 5.23. The predicted molar refractivity (Wildman–Crippen MR) is 59.4 cm³/mol. The van der Waals surface area contributed by atoms with Crippen LogP contribution in [0.25, 0.3) is 0 Å². The molecule has 0 spiro atoms. The summed E-state index contributed by atoms with van der Waals surface area (Å²) in [7, 11) is -1.30. The average molecular weight is 199 g/mol. The number of aliphatic imine (C=N–C) groups is 1. The topological polar surface area (TPSA) is 29.4 Å². The Labute approximate surface area is 82.5 Å². The molecule has 0 radical (unpaired) electrons. The van der Waals surface area contributed by atoms with E-state index in [1.165, 1.54) is 24.6 Å². The van der Waals surface area contributed by atoms with Gasteiger partial charge in [0.05, 0.1) is 13.7 Å². The lowest BCUT2D eigenvalue weighted by atomic mass is 10.6. The largest absolute Gasteiger partial charge is 0.234 e. The first kappa shape index (κ1) is 12.6. The molecular weight excluding hydrogens is 178 g/mol. The quantitative estimate of drug-likeness (QED) is 0.367. The van der Waals surface area contributed by atoms with Crippen molar-refractivity contribution >= 4 is 14.2 Å². The van der Waals surface area contributed by atoms with E-state index in [9.17, 15) is 4.79 Å². The van der Waals surface area contributed by atoms with Gasteiger partial charge in [-0.05, 0) is 6.92 Å². The van der Waals surface area contributed by atoms with Crippen LogP contribution in [0, 0.1) is 0 Å². The van der Waals surface area contributed by atoms with E-state index in [-0.39, 0.29) is 5.67 Å². The van der Waals surface area contributed by atoms with E-state index in [0.29, 0.717) is 0 Å². The maximum Gasteiger partial charge on any atom is 0.234 e. The second-order valence-corrected chi connectivity index (χ2v) is 9.19. The molecule has 0 heterocycles. The third kappa shape index (κ3) is 3.09. The lowest BCUT2D eigenvalue weighted by Crippen LogP contribution is -2.43. The molecule has 13 heavy (non-hydrogen) atoms. The maximum atomic E-state index is 10.2. The zero-order valence-electron chi connectivity index (χ0n) is 9.26. The molecule has 2 nitrogen and oxygen atoms in total. The van der Waals surface area contributed by atoms with Crippen molar-refractivity contribution in [1.29, 1.82) is 0 Å². The monoisotopic (exact) mass is 199 g/mol. The lowest BCUT2D eigenvalue weighted by Gasteiger charge is -2.32. The zero-order chi connectivity index (χ0) is 10.3. The number of isocyanates is 1. The Kier molecular flexibility index (Phi) is 5.92. The van der Waals surface area contributed by atoms with Gasteiger partial charge in [0.25, 0.3) is 0 Å². The molecule has 0 bridgehead atoms. The molecule has 0 rings (SSSR count). The molecule has 0 aromatic rings. The standard InChI is InChI=1S/C10H21NOSi/c1-5-8-13(6-2,7-3)10(4)11-9-12/h10H,5-8H2,1-4H3. The highest BCUT2D eigenvalue weighted by Gasteiger charge is 2.34. The number of nitrogens with zero attached hydrogens (tertiary/aromatic N) is 1. The number of hydrogen-bond donors (Lipinski definition) is 0. The van der Waals surface area contributed by atoms with Gasteiger partial charge in [-0.15, -0.1) is 0 Å². The van der Waals surface area contributed by atoms with E-state index in [1.807, 2.05) is 0 Å². The third-order valence-corrected chi connectivity index (χ3v) is 9.50. The molecule has 1 atom stereocenters. The normalized spacial score (nSPS) is 13.5. The summed E-state index contributed by atoms with van der Waals surface area (Å²) in [6.07, 6.45) is 2.92. The molecule has 1 unspecified atom stereocenters. The number of rotatable bonds is 6. The van der Waals surface area contributed by atoms with E-state index in [4.69, 9.17) is 0 Å². The summed E-state index contributed by atoms with van der Waals surface area (Å²) < 4.78 is 0. The number of hydrogen-bond acceptors (Lipinski definition) is 2. The molecule has 3 heteroatoms. The highest BCUT2D eigenvalue weighted by atomic mass is 28.3.